The van der Waals surface area contributed by atoms with E-state index in [0.29, 0.717) is 12.1 Å². The van der Waals surface area contributed by atoms with Crippen LogP contribution in [-0.4, -0.2) is 74.4 Å². The lowest BCUT2D eigenvalue weighted by Gasteiger charge is -2.35. The van der Waals surface area contributed by atoms with Crippen LogP contribution in [-0.2, 0) is 4.74 Å². The van der Waals surface area contributed by atoms with E-state index >= 15 is 0 Å². The lowest BCUT2D eigenvalue weighted by atomic mass is 10.2. The van der Waals surface area contributed by atoms with E-state index in [4.69, 9.17) is 4.74 Å². The van der Waals surface area contributed by atoms with E-state index in [2.05, 4.69) is 29.0 Å². The molecule has 0 saturated carbocycles. The molecule has 0 aromatic heterocycles. The molecule has 1 N–H and O–H groups in total. The largest absolute Gasteiger partial charge is 0.374 e. The van der Waals surface area contributed by atoms with Gasteiger partial charge in [0.05, 0.1) is 12.7 Å². The number of hydrogen-bond donors (Lipinski definition) is 1. The van der Waals surface area contributed by atoms with Gasteiger partial charge in [-0.15, -0.1) is 0 Å². The molecule has 0 spiro atoms. The van der Waals surface area contributed by atoms with Crippen molar-refractivity contribution in [2.45, 2.75) is 45.3 Å². The fraction of sp³-hybridized carbons (Fsp3) is 1.00. The molecule has 0 aromatic carbocycles. The average molecular weight is 269 g/mol. The highest BCUT2D eigenvalue weighted by molar-refractivity contribution is 4.75. The minimum absolute atomic E-state index is 0.378. The first-order chi connectivity index (χ1) is 9.25. The second-order valence-corrected chi connectivity index (χ2v) is 6.19. The highest BCUT2D eigenvalue weighted by Gasteiger charge is 2.21. The highest BCUT2D eigenvalue weighted by Crippen LogP contribution is 2.08. The number of ether oxygens (including phenoxy) is 1. The number of nitrogens with one attached hydrogen (secondary N) is 1. The second kappa shape index (κ2) is 8.20. The number of hydrogen-bond acceptors (Lipinski definition) is 4. The highest BCUT2D eigenvalue weighted by atomic mass is 16.5. The van der Waals surface area contributed by atoms with Crippen molar-refractivity contribution in [3.05, 3.63) is 0 Å². The fourth-order valence-corrected chi connectivity index (χ4v) is 3.03. The SMILES string of the molecule is CC(C)N1CCOC(CNCCCN2CCCC2)C1. The van der Waals surface area contributed by atoms with Gasteiger partial charge in [0.15, 0.2) is 0 Å². The van der Waals surface area contributed by atoms with Crippen molar-refractivity contribution < 1.29 is 4.74 Å². The normalized spacial score (nSPS) is 26.4. The molecule has 0 aromatic rings. The molecule has 2 rings (SSSR count). The molecule has 112 valence electrons. The predicted octanol–water partition coefficient (Wildman–Crippen LogP) is 1.17. The maximum absolute atomic E-state index is 5.82. The van der Waals surface area contributed by atoms with Crippen LogP contribution in [0, 0.1) is 0 Å². The third-order valence-electron chi connectivity index (χ3n) is 4.30. The first-order valence-corrected chi connectivity index (χ1v) is 8.04. The molecule has 1 atom stereocenters. The van der Waals surface area contributed by atoms with Gasteiger partial charge in [-0.25, -0.2) is 0 Å². The van der Waals surface area contributed by atoms with E-state index in [1.54, 1.807) is 0 Å². The summed E-state index contributed by atoms with van der Waals surface area (Å²) in [6, 6.07) is 0.640. The molecule has 4 nitrogen and oxygen atoms in total. The van der Waals surface area contributed by atoms with E-state index in [-0.39, 0.29) is 0 Å². The van der Waals surface area contributed by atoms with Crippen molar-refractivity contribution >= 4 is 0 Å². The number of rotatable bonds is 7. The van der Waals surface area contributed by atoms with Gasteiger partial charge in [0.25, 0.3) is 0 Å². The number of morpholine rings is 1. The van der Waals surface area contributed by atoms with Crippen LogP contribution in [0.1, 0.15) is 33.1 Å². The van der Waals surface area contributed by atoms with Gasteiger partial charge in [-0.2, -0.15) is 0 Å². The lowest BCUT2D eigenvalue weighted by molar-refractivity contribution is -0.0371. The smallest absolute Gasteiger partial charge is 0.0826 e. The van der Waals surface area contributed by atoms with Gasteiger partial charge in [-0.3, -0.25) is 4.90 Å². The Morgan fingerprint density at radius 1 is 1.21 bits per heavy atom. The van der Waals surface area contributed by atoms with E-state index < -0.39 is 0 Å². The Hall–Kier alpha value is -0.160. The topological polar surface area (TPSA) is 27.7 Å². The van der Waals surface area contributed by atoms with E-state index in [9.17, 15) is 0 Å². The molecular weight excluding hydrogens is 238 g/mol. The van der Waals surface area contributed by atoms with Crippen molar-refractivity contribution in [3.63, 3.8) is 0 Å². The minimum Gasteiger partial charge on any atom is -0.374 e. The molecule has 1 unspecified atom stereocenters. The fourth-order valence-electron chi connectivity index (χ4n) is 3.03. The average Bonchev–Trinajstić information content (AvgIpc) is 2.92. The molecule has 0 aliphatic carbocycles. The van der Waals surface area contributed by atoms with Gasteiger partial charge < -0.3 is 15.0 Å². The molecule has 4 heteroatoms. The Kier molecular flexibility index (Phi) is 6.57. The van der Waals surface area contributed by atoms with E-state index in [1.165, 1.54) is 38.9 Å². The van der Waals surface area contributed by atoms with Crippen molar-refractivity contribution in [2.75, 3.05) is 52.4 Å². The summed E-state index contributed by atoms with van der Waals surface area (Å²) < 4.78 is 5.82. The van der Waals surface area contributed by atoms with Crippen LogP contribution < -0.4 is 5.32 Å². The Balaban J connectivity index is 1.50. The van der Waals surface area contributed by atoms with Crippen molar-refractivity contribution in [1.82, 2.24) is 15.1 Å². The van der Waals surface area contributed by atoms with Crippen LogP contribution >= 0.6 is 0 Å². The standard InChI is InChI=1S/C15H31N3O/c1-14(2)18-10-11-19-15(13-18)12-16-6-5-9-17-7-3-4-8-17/h14-16H,3-13H2,1-2H3. The maximum atomic E-state index is 5.82. The number of likely N-dealkylation sites (tertiary alicyclic amines) is 1. The third-order valence-corrected chi connectivity index (χ3v) is 4.30. The van der Waals surface area contributed by atoms with Crippen LogP contribution in [0.3, 0.4) is 0 Å². The molecule has 2 heterocycles. The minimum atomic E-state index is 0.378. The molecule has 2 aliphatic rings. The quantitative estimate of drug-likeness (QED) is 0.702. The molecule has 2 fully saturated rings. The van der Waals surface area contributed by atoms with Crippen LogP contribution in [0.25, 0.3) is 0 Å². The molecular formula is C15H31N3O. The van der Waals surface area contributed by atoms with Gasteiger partial charge in [0, 0.05) is 25.7 Å². The molecule has 2 aliphatic heterocycles. The Labute approximate surface area is 118 Å². The second-order valence-electron chi connectivity index (χ2n) is 6.19. The van der Waals surface area contributed by atoms with E-state index in [0.717, 1.165) is 32.8 Å². The Bertz CT molecular complexity index is 242. The zero-order valence-corrected chi connectivity index (χ0v) is 12.7. The first kappa shape index (κ1) is 15.2. The summed E-state index contributed by atoms with van der Waals surface area (Å²) in [6.45, 7) is 13.6. The van der Waals surface area contributed by atoms with Crippen molar-refractivity contribution in [3.8, 4) is 0 Å². The summed E-state index contributed by atoms with van der Waals surface area (Å²) in [5.74, 6) is 0. The monoisotopic (exact) mass is 269 g/mol. The van der Waals surface area contributed by atoms with Crippen LogP contribution in [0.4, 0.5) is 0 Å². The summed E-state index contributed by atoms with van der Waals surface area (Å²) in [4.78, 5) is 5.10. The summed E-state index contributed by atoms with van der Waals surface area (Å²) in [6.07, 6.45) is 4.44. The Morgan fingerprint density at radius 3 is 2.74 bits per heavy atom. The summed E-state index contributed by atoms with van der Waals surface area (Å²) in [7, 11) is 0. The van der Waals surface area contributed by atoms with Gasteiger partial charge in [-0.1, -0.05) is 0 Å². The summed E-state index contributed by atoms with van der Waals surface area (Å²) >= 11 is 0. The van der Waals surface area contributed by atoms with E-state index in [1.807, 2.05) is 0 Å². The first-order valence-electron chi connectivity index (χ1n) is 8.04. The van der Waals surface area contributed by atoms with Crippen molar-refractivity contribution in [1.29, 1.82) is 0 Å². The maximum Gasteiger partial charge on any atom is 0.0826 e. The van der Waals surface area contributed by atoms with Gasteiger partial charge in [0.1, 0.15) is 0 Å². The molecule has 0 bridgehead atoms. The Morgan fingerprint density at radius 2 is 2.00 bits per heavy atom. The van der Waals surface area contributed by atoms with Gasteiger partial charge in [0.2, 0.25) is 0 Å². The molecule has 19 heavy (non-hydrogen) atoms. The predicted molar refractivity (Wildman–Crippen MR) is 79.6 cm³/mol. The molecule has 0 radical (unpaired) electrons. The van der Waals surface area contributed by atoms with Gasteiger partial charge >= 0.3 is 0 Å². The van der Waals surface area contributed by atoms with Gasteiger partial charge in [-0.05, 0) is 59.3 Å². The zero-order valence-electron chi connectivity index (χ0n) is 12.7. The van der Waals surface area contributed by atoms with Crippen LogP contribution in [0.5, 0.6) is 0 Å². The lowest BCUT2D eigenvalue weighted by Crippen LogP contribution is -2.49. The summed E-state index contributed by atoms with van der Waals surface area (Å²) in [5, 5.41) is 3.56. The summed E-state index contributed by atoms with van der Waals surface area (Å²) in [5.41, 5.74) is 0. The third kappa shape index (κ3) is 5.38. The zero-order chi connectivity index (χ0) is 13.5. The molecule has 0 amide bonds. The molecule has 2 saturated heterocycles. The van der Waals surface area contributed by atoms with Crippen LogP contribution in [0.15, 0.2) is 0 Å². The van der Waals surface area contributed by atoms with Crippen molar-refractivity contribution in [2.24, 2.45) is 0 Å². The number of nitrogens with zero attached hydrogens (tertiary/aromatic N) is 2. The van der Waals surface area contributed by atoms with Crippen LogP contribution in [0.2, 0.25) is 0 Å².